The van der Waals surface area contributed by atoms with E-state index in [1.807, 2.05) is 13.0 Å². The van der Waals surface area contributed by atoms with Crippen molar-refractivity contribution in [3.05, 3.63) is 47.8 Å². The Kier molecular flexibility index (Phi) is 2.30. The Labute approximate surface area is 103 Å². The van der Waals surface area contributed by atoms with E-state index < -0.39 is 0 Å². The van der Waals surface area contributed by atoms with E-state index in [2.05, 4.69) is 4.98 Å². The van der Waals surface area contributed by atoms with Crippen LogP contribution in [0, 0.1) is 12.7 Å². The third-order valence-electron chi connectivity index (χ3n) is 2.70. The Balaban J connectivity index is 2.19. The first-order valence-electron chi connectivity index (χ1n) is 5.55. The van der Waals surface area contributed by atoms with Gasteiger partial charge in [-0.25, -0.2) is 9.37 Å². The van der Waals surface area contributed by atoms with Gasteiger partial charge < -0.3 is 10.2 Å². The standard InChI is InChI=1S/C14H11FN2O/c1-8-4-9(6-10(15)5-8)14-17-12-3-2-11(16)7-13(12)18-14/h2-7H,16H2,1H3. The predicted molar refractivity (Wildman–Crippen MR) is 68.6 cm³/mol. The van der Waals surface area contributed by atoms with Crippen LogP contribution in [0.25, 0.3) is 22.6 Å². The molecule has 0 fully saturated rings. The van der Waals surface area contributed by atoms with Gasteiger partial charge in [-0.15, -0.1) is 0 Å². The normalized spacial score (nSPS) is 11.0. The molecule has 3 nitrogen and oxygen atoms in total. The van der Waals surface area contributed by atoms with Gasteiger partial charge in [-0.3, -0.25) is 0 Å². The molecule has 0 aliphatic carbocycles. The molecular weight excluding hydrogens is 231 g/mol. The van der Waals surface area contributed by atoms with Gasteiger partial charge in [0.1, 0.15) is 11.3 Å². The van der Waals surface area contributed by atoms with E-state index in [1.54, 1.807) is 18.2 Å². The molecule has 4 heteroatoms. The number of fused-ring (bicyclic) bond motifs is 1. The Hall–Kier alpha value is -2.36. The van der Waals surface area contributed by atoms with E-state index in [1.165, 1.54) is 12.1 Å². The number of hydrogen-bond acceptors (Lipinski definition) is 3. The Bertz CT molecular complexity index is 713. The second kappa shape index (κ2) is 3.84. The number of nitrogens with two attached hydrogens (primary N) is 1. The van der Waals surface area contributed by atoms with Crippen molar-refractivity contribution in [2.45, 2.75) is 6.92 Å². The maximum atomic E-state index is 13.3. The number of benzene rings is 2. The summed E-state index contributed by atoms with van der Waals surface area (Å²) >= 11 is 0. The summed E-state index contributed by atoms with van der Waals surface area (Å²) in [6.45, 7) is 1.83. The summed E-state index contributed by atoms with van der Waals surface area (Å²) < 4.78 is 18.9. The predicted octanol–water partition coefficient (Wildman–Crippen LogP) is 3.52. The molecule has 0 amide bonds. The molecule has 0 saturated heterocycles. The van der Waals surface area contributed by atoms with Crippen LogP contribution in [0.3, 0.4) is 0 Å². The molecule has 0 atom stereocenters. The van der Waals surface area contributed by atoms with Crippen molar-refractivity contribution >= 4 is 16.8 Å². The molecule has 0 radical (unpaired) electrons. The molecule has 1 aromatic heterocycles. The lowest BCUT2D eigenvalue weighted by molar-refractivity contribution is 0.610. The number of aryl methyl sites for hydroxylation is 1. The van der Waals surface area contributed by atoms with Gasteiger partial charge in [-0.05, 0) is 42.8 Å². The van der Waals surface area contributed by atoms with Gasteiger partial charge in [0, 0.05) is 17.3 Å². The van der Waals surface area contributed by atoms with Crippen LogP contribution in [0.15, 0.2) is 40.8 Å². The summed E-state index contributed by atoms with van der Waals surface area (Å²) in [7, 11) is 0. The number of rotatable bonds is 1. The van der Waals surface area contributed by atoms with Crippen LogP contribution in [0.4, 0.5) is 10.1 Å². The van der Waals surface area contributed by atoms with Gasteiger partial charge in [0.15, 0.2) is 5.58 Å². The lowest BCUT2D eigenvalue weighted by Gasteiger charge is -1.98. The molecule has 1 heterocycles. The molecule has 2 aromatic carbocycles. The second-order valence-corrected chi connectivity index (χ2v) is 4.26. The van der Waals surface area contributed by atoms with Gasteiger partial charge in [0.25, 0.3) is 0 Å². The van der Waals surface area contributed by atoms with Crippen molar-refractivity contribution in [2.75, 3.05) is 5.73 Å². The average molecular weight is 242 g/mol. The monoisotopic (exact) mass is 242 g/mol. The molecule has 18 heavy (non-hydrogen) atoms. The van der Waals surface area contributed by atoms with Gasteiger partial charge in [0.2, 0.25) is 5.89 Å². The largest absolute Gasteiger partial charge is 0.436 e. The van der Waals surface area contributed by atoms with E-state index in [9.17, 15) is 4.39 Å². The van der Waals surface area contributed by atoms with E-state index >= 15 is 0 Å². The van der Waals surface area contributed by atoms with Gasteiger partial charge in [0.05, 0.1) is 0 Å². The lowest BCUT2D eigenvalue weighted by atomic mass is 10.1. The molecule has 0 aliphatic heterocycles. The molecule has 3 rings (SSSR count). The summed E-state index contributed by atoms with van der Waals surface area (Å²) in [6.07, 6.45) is 0. The fourth-order valence-electron chi connectivity index (χ4n) is 1.92. The molecule has 3 aromatic rings. The van der Waals surface area contributed by atoms with Crippen LogP contribution >= 0.6 is 0 Å². The van der Waals surface area contributed by atoms with E-state index in [-0.39, 0.29) is 5.82 Å². The molecule has 0 saturated carbocycles. The number of aromatic nitrogens is 1. The fourth-order valence-corrected chi connectivity index (χ4v) is 1.92. The summed E-state index contributed by atoms with van der Waals surface area (Å²) in [5, 5.41) is 0. The van der Waals surface area contributed by atoms with E-state index in [0.29, 0.717) is 28.2 Å². The Morgan fingerprint density at radius 1 is 1.17 bits per heavy atom. The average Bonchev–Trinajstić information content (AvgIpc) is 2.70. The molecule has 0 spiro atoms. The highest BCUT2D eigenvalue weighted by atomic mass is 19.1. The minimum atomic E-state index is -0.299. The van der Waals surface area contributed by atoms with Crippen molar-refractivity contribution < 1.29 is 8.81 Å². The zero-order valence-corrected chi connectivity index (χ0v) is 9.77. The molecule has 0 aliphatic rings. The van der Waals surface area contributed by atoms with Gasteiger partial charge >= 0.3 is 0 Å². The SMILES string of the molecule is Cc1cc(F)cc(-c2nc3ccc(N)cc3o2)c1. The third kappa shape index (κ3) is 1.82. The van der Waals surface area contributed by atoms with Crippen molar-refractivity contribution in [3.8, 4) is 11.5 Å². The quantitative estimate of drug-likeness (QED) is 0.664. The van der Waals surface area contributed by atoms with Gasteiger partial charge in [-0.2, -0.15) is 0 Å². The minimum absolute atomic E-state index is 0.299. The minimum Gasteiger partial charge on any atom is -0.436 e. The van der Waals surface area contributed by atoms with Crippen LogP contribution in [0.1, 0.15) is 5.56 Å². The molecular formula is C14H11FN2O. The first-order valence-corrected chi connectivity index (χ1v) is 5.55. The maximum Gasteiger partial charge on any atom is 0.227 e. The summed E-state index contributed by atoms with van der Waals surface area (Å²) in [5.74, 6) is 0.102. The van der Waals surface area contributed by atoms with Crippen LogP contribution in [-0.4, -0.2) is 4.98 Å². The second-order valence-electron chi connectivity index (χ2n) is 4.26. The van der Waals surface area contributed by atoms with Crippen LogP contribution in [0.5, 0.6) is 0 Å². The summed E-state index contributed by atoms with van der Waals surface area (Å²) in [6, 6.07) is 9.94. The maximum absolute atomic E-state index is 13.3. The first-order chi connectivity index (χ1) is 8.61. The molecule has 0 bridgehead atoms. The first kappa shape index (κ1) is 10.8. The molecule has 0 unspecified atom stereocenters. The van der Waals surface area contributed by atoms with Crippen LogP contribution < -0.4 is 5.73 Å². The van der Waals surface area contributed by atoms with Crippen LogP contribution in [-0.2, 0) is 0 Å². The highest BCUT2D eigenvalue weighted by Crippen LogP contribution is 2.26. The highest BCUT2D eigenvalue weighted by molar-refractivity contribution is 5.79. The van der Waals surface area contributed by atoms with Gasteiger partial charge in [-0.1, -0.05) is 0 Å². The number of nitrogens with zero attached hydrogens (tertiary/aromatic N) is 1. The number of halogens is 1. The van der Waals surface area contributed by atoms with Crippen LogP contribution in [0.2, 0.25) is 0 Å². The smallest absolute Gasteiger partial charge is 0.227 e. The number of oxazole rings is 1. The van der Waals surface area contributed by atoms with Crippen molar-refractivity contribution in [1.29, 1.82) is 0 Å². The zero-order valence-electron chi connectivity index (χ0n) is 9.77. The highest BCUT2D eigenvalue weighted by Gasteiger charge is 2.09. The van der Waals surface area contributed by atoms with Crippen molar-refractivity contribution in [1.82, 2.24) is 4.98 Å². The molecule has 2 N–H and O–H groups in total. The van der Waals surface area contributed by atoms with Crippen molar-refractivity contribution in [3.63, 3.8) is 0 Å². The number of nitrogen functional groups attached to an aromatic ring is 1. The fraction of sp³-hybridized carbons (Fsp3) is 0.0714. The Morgan fingerprint density at radius 3 is 2.78 bits per heavy atom. The third-order valence-corrected chi connectivity index (χ3v) is 2.70. The summed E-state index contributed by atoms with van der Waals surface area (Å²) in [5.41, 5.74) is 9.05. The zero-order chi connectivity index (χ0) is 12.7. The lowest BCUT2D eigenvalue weighted by Crippen LogP contribution is -1.83. The Morgan fingerprint density at radius 2 is 2.00 bits per heavy atom. The summed E-state index contributed by atoms with van der Waals surface area (Å²) in [4.78, 5) is 4.32. The number of hydrogen-bond donors (Lipinski definition) is 1. The van der Waals surface area contributed by atoms with Crippen molar-refractivity contribution in [2.24, 2.45) is 0 Å². The van der Waals surface area contributed by atoms with E-state index in [4.69, 9.17) is 10.2 Å². The topological polar surface area (TPSA) is 52.0 Å². The molecule has 90 valence electrons. The number of anilines is 1. The van der Waals surface area contributed by atoms with E-state index in [0.717, 1.165) is 5.56 Å².